The standard InChI is InChI=1S/C16H23N3O3/c1-19(10-14(20)11-21-2)9-13-8-17-18-16(13)12-4-6-15(22-3)7-5-12/h4-8,14,20H,9-11H2,1-3H3,(H,17,18). The van der Waals surface area contributed by atoms with Crippen LogP contribution < -0.4 is 4.74 Å². The monoisotopic (exact) mass is 305 g/mol. The predicted octanol–water partition coefficient (Wildman–Crippen LogP) is 1.52. The van der Waals surface area contributed by atoms with E-state index >= 15 is 0 Å². The van der Waals surface area contributed by atoms with E-state index in [0.717, 1.165) is 22.6 Å². The summed E-state index contributed by atoms with van der Waals surface area (Å²) >= 11 is 0. The molecule has 0 saturated carbocycles. The van der Waals surface area contributed by atoms with E-state index in [1.54, 1.807) is 14.2 Å². The van der Waals surface area contributed by atoms with Crippen LogP contribution in [0.5, 0.6) is 5.75 Å². The molecule has 6 nitrogen and oxygen atoms in total. The number of nitrogens with zero attached hydrogens (tertiary/aromatic N) is 2. The normalized spacial score (nSPS) is 12.6. The number of aliphatic hydroxyl groups is 1. The first-order valence-electron chi connectivity index (χ1n) is 7.16. The van der Waals surface area contributed by atoms with Gasteiger partial charge in [-0.05, 0) is 31.3 Å². The van der Waals surface area contributed by atoms with Crippen LogP contribution in [-0.2, 0) is 11.3 Å². The fraction of sp³-hybridized carbons (Fsp3) is 0.438. The first-order chi connectivity index (χ1) is 10.6. The van der Waals surface area contributed by atoms with Crippen LogP contribution in [0.25, 0.3) is 11.3 Å². The highest BCUT2D eigenvalue weighted by Gasteiger charge is 2.13. The van der Waals surface area contributed by atoms with E-state index in [2.05, 4.69) is 10.2 Å². The maximum Gasteiger partial charge on any atom is 0.118 e. The molecule has 2 N–H and O–H groups in total. The average molecular weight is 305 g/mol. The summed E-state index contributed by atoms with van der Waals surface area (Å²) in [4.78, 5) is 2.04. The smallest absolute Gasteiger partial charge is 0.118 e. The summed E-state index contributed by atoms with van der Waals surface area (Å²) in [5.41, 5.74) is 3.12. The average Bonchev–Trinajstić information content (AvgIpc) is 2.95. The van der Waals surface area contributed by atoms with Crippen molar-refractivity contribution in [3.63, 3.8) is 0 Å². The van der Waals surface area contributed by atoms with Crippen molar-refractivity contribution >= 4 is 0 Å². The van der Waals surface area contributed by atoms with E-state index in [1.807, 2.05) is 42.4 Å². The largest absolute Gasteiger partial charge is 0.497 e. The molecular weight excluding hydrogens is 282 g/mol. The second-order valence-electron chi connectivity index (χ2n) is 5.30. The highest BCUT2D eigenvalue weighted by atomic mass is 16.5. The van der Waals surface area contributed by atoms with Crippen molar-refractivity contribution in [1.29, 1.82) is 0 Å². The summed E-state index contributed by atoms with van der Waals surface area (Å²) in [7, 11) is 5.20. The lowest BCUT2D eigenvalue weighted by Gasteiger charge is -2.20. The quantitative estimate of drug-likeness (QED) is 0.774. The number of aromatic nitrogens is 2. The van der Waals surface area contributed by atoms with Crippen LogP contribution >= 0.6 is 0 Å². The van der Waals surface area contributed by atoms with E-state index in [1.165, 1.54) is 0 Å². The fourth-order valence-electron chi connectivity index (χ4n) is 2.40. The number of benzene rings is 1. The van der Waals surface area contributed by atoms with Gasteiger partial charge in [0.2, 0.25) is 0 Å². The first kappa shape index (κ1) is 16.5. The van der Waals surface area contributed by atoms with Crippen molar-refractivity contribution in [3.05, 3.63) is 36.0 Å². The van der Waals surface area contributed by atoms with Crippen LogP contribution in [0.1, 0.15) is 5.56 Å². The lowest BCUT2D eigenvalue weighted by Crippen LogP contribution is -2.31. The van der Waals surface area contributed by atoms with Crippen molar-refractivity contribution < 1.29 is 14.6 Å². The number of hydrogen-bond donors (Lipinski definition) is 2. The zero-order valence-corrected chi connectivity index (χ0v) is 13.2. The fourth-order valence-corrected chi connectivity index (χ4v) is 2.40. The molecule has 2 aromatic rings. The maximum absolute atomic E-state index is 9.79. The molecule has 1 aromatic heterocycles. The number of rotatable bonds is 8. The van der Waals surface area contributed by atoms with Crippen LogP contribution in [0.15, 0.2) is 30.5 Å². The molecule has 2 rings (SSSR count). The Bertz CT molecular complexity index is 568. The van der Waals surface area contributed by atoms with Crippen LogP contribution in [0.3, 0.4) is 0 Å². The molecule has 120 valence electrons. The molecule has 0 spiro atoms. The molecule has 0 fully saturated rings. The Morgan fingerprint density at radius 1 is 1.27 bits per heavy atom. The first-order valence-corrected chi connectivity index (χ1v) is 7.16. The third kappa shape index (κ3) is 4.30. The van der Waals surface area contributed by atoms with Crippen LogP contribution in [0, 0.1) is 0 Å². The zero-order valence-electron chi connectivity index (χ0n) is 13.2. The van der Waals surface area contributed by atoms with Gasteiger partial charge in [0, 0.05) is 31.3 Å². The Hall–Kier alpha value is -1.89. The molecule has 1 heterocycles. The third-order valence-corrected chi connectivity index (χ3v) is 3.42. The van der Waals surface area contributed by atoms with Gasteiger partial charge in [-0.1, -0.05) is 0 Å². The molecule has 1 aromatic carbocycles. The highest BCUT2D eigenvalue weighted by molar-refractivity contribution is 5.63. The SMILES string of the molecule is COCC(O)CN(C)Cc1cn[nH]c1-c1ccc(OC)cc1. The number of methoxy groups -OCH3 is 2. The molecule has 6 heteroatoms. The van der Waals surface area contributed by atoms with Crippen LogP contribution in [0.2, 0.25) is 0 Å². The Morgan fingerprint density at radius 2 is 2.00 bits per heavy atom. The number of likely N-dealkylation sites (N-methyl/N-ethyl adjacent to an activating group) is 1. The number of ether oxygens (including phenoxy) is 2. The van der Waals surface area contributed by atoms with Gasteiger partial charge < -0.3 is 14.6 Å². The number of H-pyrrole nitrogens is 1. The summed E-state index contributed by atoms with van der Waals surface area (Å²) in [6.07, 6.45) is 1.32. The molecular formula is C16H23N3O3. The lowest BCUT2D eigenvalue weighted by molar-refractivity contribution is 0.0419. The summed E-state index contributed by atoms with van der Waals surface area (Å²) in [5, 5.41) is 17.0. The molecule has 1 atom stereocenters. The molecule has 0 aliphatic rings. The Labute approximate surface area is 130 Å². The van der Waals surface area contributed by atoms with Gasteiger partial charge in [0.25, 0.3) is 0 Å². The third-order valence-electron chi connectivity index (χ3n) is 3.42. The van der Waals surface area contributed by atoms with Gasteiger partial charge in [0.05, 0.1) is 31.7 Å². The number of aliphatic hydroxyl groups excluding tert-OH is 1. The highest BCUT2D eigenvalue weighted by Crippen LogP contribution is 2.24. The van der Waals surface area contributed by atoms with E-state index < -0.39 is 6.10 Å². The summed E-state index contributed by atoms with van der Waals surface area (Å²) in [6, 6.07) is 7.84. The van der Waals surface area contributed by atoms with Gasteiger partial charge in [-0.3, -0.25) is 10.00 Å². The number of aromatic amines is 1. The van der Waals surface area contributed by atoms with Gasteiger partial charge in [0.15, 0.2) is 0 Å². The molecule has 0 bridgehead atoms. The second-order valence-corrected chi connectivity index (χ2v) is 5.30. The van der Waals surface area contributed by atoms with Gasteiger partial charge >= 0.3 is 0 Å². The van der Waals surface area contributed by atoms with Crippen LogP contribution in [0.4, 0.5) is 0 Å². The Balaban J connectivity index is 2.05. The van der Waals surface area contributed by atoms with Gasteiger partial charge in [-0.25, -0.2) is 0 Å². The minimum Gasteiger partial charge on any atom is -0.497 e. The van der Waals surface area contributed by atoms with Crippen molar-refractivity contribution in [2.45, 2.75) is 12.6 Å². The van der Waals surface area contributed by atoms with Crippen LogP contribution in [-0.4, -0.2) is 60.7 Å². The predicted molar refractivity (Wildman–Crippen MR) is 84.8 cm³/mol. The molecule has 0 amide bonds. The van der Waals surface area contributed by atoms with Crippen molar-refractivity contribution in [3.8, 4) is 17.0 Å². The minimum absolute atomic E-state index is 0.334. The van der Waals surface area contributed by atoms with Gasteiger partial charge in [-0.15, -0.1) is 0 Å². The summed E-state index contributed by atoms with van der Waals surface area (Å²) < 4.78 is 10.1. The van der Waals surface area contributed by atoms with E-state index in [0.29, 0.717) is 19.7 Å². The number of nitrogens with one attached hydrogen (secondary N) is 1. The molecule has 0 aliphatic carbocycles. The Kier molecular flexibility index (Phi) is 5.94. The maximum atomic E-state index is 9.79. The second kappa shape index (κ2) is 7.93. The van der Waals surface area contributed by atoms with Gasteiger partial charge in [0.1, 0.15) is 5.75 Å². The molecule has 0 radical (unpaired) electrons. The lowest BCUT2D eigenvalue weighted by atomic mass is 10.1. The Morgan fingerprint density at radius 3 is 2.64 bits per heavy atom. The van der Waals surface area contributed by atoms with Crippen molar-refractivity contribution in [1.82, 2.24) is 15.1 Å². The van der Waals surface area contributed by atoms with E-state index in [4.69, 9.17) is 9.47 Å². The zero-order chi connectivity index (χ0) is 15.9. The van der Waals surface area contributed by atoms with Gasteiger partial charge in [-0.2, -0.15) is 5.10 Å². The molecule has 1 unspecified atom stereocenters. The topological polar surface area (TPSA) is 70.6 Å². The van der Waals surface area contributed by atoms with Crippen molar-refractivity contribution in [2.24, 2.45) is 0 Å². The molecule has 0 aliphatic heterocycles. The number of hydrogen-bond acceptors (Lipinski definition) is 5. The summed E-state index contributed by atoms with van der Waals surface area (Å²) in [6.45, 7) is 1.57. The van der Waals surface area contributed by atoms with E-state index in [-0.39, 0.29) is 0 Å². The molecule has 22 heavy (non-hydrogen) atoms. The minimum atomic E-state index is -0.494. The van der Waals surface area contributed by atoms with E-state index in [9.17, 15) is 5.11 Å². The summed E-state index contributed by atoms with van der Waals surface area (Å²) in [5.74, 6) is 0.824. The molecule has 0 saturated heterocycles. The van der Waals surface area contributed by atoms with Crippen molar-refractivity contribution in [2.75, 3.05) is 34.4 Å².